The van der Waals surface area contributed by atoms with Gasteiger partial charge in [-0.05, 0) is 49.5 Å². The van der Waals surface area contributed by atoms with Gasteiger partial charge in [-0.15, -0.1) is 0 Å². The predicted molar refractivity (Wildman–Crippen MR) is 81.0 cm³/mol. The lowest BCUT2D eigenvalue weighted by Gasteiger charge is -2.41. The lowest BCUT2D eigenvalue weighted by atomic mass is 9.69. The van der Waals surface area contributed by atoms with E-state index in [-0.39, 0.29) is 0 Å². The van der Waals surface area contributed by atoms with E-state index < -0.39 is 10.8 Å². The van der Waals surface area contributed by atoms with Gasteiger partial charge in [0, 0.05) is 21.3 Å². The van der Waals surface area contributed by atoms with Crippen LogP contribution in [0.1, 0.15) is 60.3 Å². The molecule has 0 amide bonds. The van der Waals surface area contributed by atoms with Gasteiger partial charge < -0.3 is 5.73 Å². The molecule has 0 aromatic heterocycles. The van der Waals surface area contributed by atoms with Gasteiger partial charge in [0.1, 0.15) is 0 Å². The minimum absolute atomic E-state index is 0.308. The Morgan fingerprint density at radius 1 is 1.33 bits per heavy atom. The molecule has 1 aliphatic rings. The molecule has 0 aromatic rings. The maximum Gasteiger partial charge on any atom is 0.0393 e. The zero-order valence-corrected chi connectivity index (χ0v) is 13.6. The second-order valence-corrected chi connectivity index (χ2v) is 9.02. The van der Waals surface area contributed by atoms with Crippen LogP contribution in [0.4, 0.5) is 0 Å². The lowest BCUT2D eigenvalue weighted by Crippen LogP contribution is -2.42. The van der Waals surface area contributed by atoms with E-state index in [2.05, 4.69) is 34.6 Å². The van der Waals surface area contributed by atoms with Crippen LogP contribution in [-0.2, 0) is 10.8 Å². The summed E-state index contributed by atoms with van der Waals surface area (Å²) in [6.07, 6.45) is 4.51. The van der Waals surface area contributed by atoms with Crippen LogP contribution in [0, 0.1) is 17.3 Å². The Hall–Kier alpha value is 0.110. The number of hydrogen-bond donors (Lipinski definition) is 1. The Kier molecular flexibility index (Phi) is 5.85. The SMILES string of the molecule is CCC(C)S(=O)C1CC(C(C)(C)C)CCC1CN. The first-order valence-electron chi connectivity index (χ1n) is 7.40. The third kappa shape index (κ3) is 3.80. The molecular weight excluding hydrogens is 242 g/mol. The molecule has 108 valence electrons. The molecule has 3 heteroatoms. The first-order valence-corrected chi connectivity index (χ1v) is 8.68. The lowest BCUT2D eigenvalue weighted by molar-refractivity contribution is 0.155. The van der Waals surface area contributed by atoms with E-state index in [0.29, 0.717) is 34.3 Å². The Bertz CT molecular complexity index is 285. The van der Waals surface area contributed by atoms with Gasteiger partial charge in [0.25, 0.3) is 0 Å². The van der Waals surface area contributed by atoms with E-state index in [9.17, 15) is 4.21 Å². The molecule has 0 saturated heterocycles. The molecule has 0 radical (unpaired) electrons. The summed E-state index contributed by atoms with van der Waals surface area (Å²) in [6.45, 7) is 11.9. The Labute approximate surface area is 116 Å². The molecule has 5 atom stereocenters. The molecule has 0 heterocycles. The fourth-order valence-corrected chi connectivity index (χ4v) is 4.97. The second kappa shape index (κ2) is 6.51. The quantitative estimate of drug-likeness (QED) is 0.854. The van der Waals surface area contributed by atoms with Crippen molar-refractivity contribution in [2.45, 2.75) is 70.8 Å². The van der Waals surface area contributed by atoms with Crippen LogP contribution in [0.5, 0.6) is 0 Å². The summed E-state index contributed by atoms with van der Waals surface area (Å²) in [4.78, 5) is 0. The second-order valence-electron chi connectivity index (χ2n) is 6.96. The third-order valence-electron chi connectivity index (χ3n) is 4.73. The highest BCUT2D eigenvalue weighted by atomic mass is 32.2. The monoisotopic (exact) mass is 273 g/mol. The van der Waals surface area contributed by atoms with Crippen LogP contribution < -0.4 is 5.73 Å². The van der Waals surface area contributed by atoms with Crippen LogP contribution in [0.25, 0.3) is 0 Å². The zero-order chi connectivity index (χ0) is 13.9. The average molecular weight is 273 g/mol. The smallest absolute Gasteiger partial charge is 0.0393 e. The van der Waals surface area contributed by atoms with Gasteiger partial charge in [-0.25, -0.2) is 0 Å². The van der Waals surface area contributed by atoms with Crippen molar-refractivity contribution in [3.63, 3.8) is 0 Å². The summed E-state index contributed by atoms with van der Waals surface area (Å²) in [5, 5.41) is 0.630. The standard InChI is InChI=1S/C15H31NOS/c1-6-11(2)18(17)14-9-13(15(3,4)5)8-7-12(14)10-16/h11-14H,6-10,16H2,1-5H3. The van der Waals surface area contributed by atoms with Gasteiger partial charge in [-0.2, -0.15) is 0 Å². The average Bonchev–Trinajstić information content (AvgIpc) is 2.35. The zero-order valence-electron chi connectivity index (χ0n) is 12.7. The molecule has 1 aliphatic carbocycles. The van der Waals surface area contributed by atoms with Gasteiger partial charge >= 0.3 is 0 Å². The van der Waals surface area contributed by atoms with Crippen molar-refractivity contribution in [3.05, 3.63) is 0 Å². The van der Waals surface area contributed by atoms with E-state index in [4.69, 9.17) is 5.73 Å². The largest absolute Gasteiger partial charge is 0.330 e. The summed E-state index contributed by atoms with van der Waals surface area (Å²) < 4.78 is 12.6. The molecule has 0 aromatic carbocycles. The van der Waals surface area contributed by atoms with Gasteiger partial charge in [0.15, 0.2) is 0 Å². The highest BCUT2D eigenvalue weighted by Gasteiger charge is 2.38. The molecule has 5 unspecified atom stereocenters. The van der Waals surface area contributed by atoms with Crippen LogP contribution in [0.15, 0.2) is 0 Å². The van der Waals surface area contributed by atoms with Crippen molar-refractivity contribution in [1.29, 1.82) is 0 Å². The molecule has 18 heavy (non-hydrogen) atoms. The predicted octanol–water partition coefficient (Wildman–Crippen LogP) is 3.32. The van der Waals surface area contributed by atoms with E-state index in [0.717, 1.165) is 19.3 Å². The number of nitrogens with two attached hydrogens (primary N) is 1. The van der Waals surface area contributed by atoms with Gasteiger partial charge in [0.2, 0.25) is 0 Å². The fourth-order valence-electron chi connectivity index (χ4n) is 3.00. The Morgan fingerprint density at radius 3 is 2.39 bits per heavy atom. The molecule has 0 bridgehead atoms. The Morgan fingerprint density at radius 2 is 1.94 bits per heavy atom. The molecule has 0 spiro atoms. The fraction of sp³-hybridized carbons (Fsp3) is 1.00. The van der Waals surface area contributed by atoms with E-state index in [1.807, 2.05) is 0 Å². The van der Waals surface area contributed by atoms with Crippen molar-refractivity contribution in [1.82, 2.24) is 0 Å². The minimum atomic E-state index is -0.717. The van der Waals surface area contributed by atoms with Crippen molar-refractivity contribution in [2.75, 3.05) is 6.54 Å². The van der Waals surface area contributed by atoms with Crippen molar-refractivity contribution < 1.29 is 4.21 Å². The maximum absolute atomic E-state index is 12.6. The van der Waals surface area contributed by atoms with Crippen LogP contribution in [-0.4, -0.2) is 21.3 Å². The van der Waals surface area contributed by atoms with E-state index in [1.165, 1.54) is 6.42 Å². The van der Waals surface area contributed by atoms with E-state index >= 15 is 0 Å². The normalized spacial score (nSPS) is 33.1. The van der Waals surface area contributed by atoms with Crippen LogP contribution >= 0.6 is 0 Å². The summed E-state index contributed by atoms with van der Waals surface area (Å²) in [5.41, 5.74) is 6.22. The maximum atomic E-state index is 12.6. The number of hydrogen-bond acceptors (Lipinski definition) is 2. The summed E-state index contributed by atoms with van der Waals surface area (Å²) in [5.74, 6) is 1.16. The van der Waals surface area contributed by atoms with Crippen LogP contribution in [0.3, 0.4) is 0 Å². The molecule has 1 rings (SSSR count). The molecule has 2 nitrogen and oxygen atoms in total. The summed E-state index contributed by atoms with van der Waals surface area (Å²) in [6, 6.07) is 0. The highest BCUT2D eigenvalue weighted by Crippen LogP contribution is 2.42. The Balaban J connectivity index is 2.80. The first kappa shape index (κ1) is 16.2. The van der Waals surface area contributed by atoms with Gasteiger partial charge in [0.05, 0.1) is 0 Å². The third-order valence-corrected chi connectivity index (χ3v) is 7.03. The van der Waals surface area contributed by atoms with Gasteiger partial charge in [-0.1, -0.05) is 34.6 Å². The molecule has 0 aliphatic heterocycles. The van der Waals surface area contributed by atoms with Gasteiger partial charge in [-0.3, -0.25) is 4.21 Å². The number of rotatable bonds is 4. The topological polar surface area (TPSA) is 43.1 Å². The minimum Gasteiger partial charge on any atom is -0.330 e. The van der Waals surface area contributed by atoms with Crippen molar-refractivity contribution in [3.8, 4) is 0 Å². The van der Waals surface area contributed by atoms with Crippen molar-refractivity contribution in [2.24, 2.45) is 23.0 Å². The molecule has 1 fully saturated rings. The first-order chi connectivity index (χ1) is 8.31. The molecule has 1 saturated carbocycles. The molecule has 2 N–H and O–H groups in total. The molecular formula is C15H31NOS. The highest BCUT2D eigenvalue weighted by molar-refractivity contribution is 7.86. The summed E-state index contributed by atoms with van der Waals surface area (Å²) >= 11 is 0. The summed E-state index contributed by atoms with van der Waals surface area (Å²) in [7, 11) is -0.717. The van der Waals surface area contributed by atoms with Crippen molar-refractivity contribution >= 4 is 10.8 Å². The van der Waals surface area contributed by atoms with E-state index in [1.54, 1.807) is 0 Å². The van der Waals surface area contributed by atoms with Crippen LogP contribution in [0.2, 0.25) is 0 Å².